The van der Waals surface area contributed by atoms with Crippen LogP contribution in [0.25, 0.3) is 5.65 Å². The molecular formula is C19H22ClN3. The normalized spacial score (nSPS) is 11.8. The molecule has 1 aromatic carbocycles. The van der Waals surface area contributed by atoms with E-state index in [9.17, 15) is 0 Å². The van der Waals surface area contributed by atoms with Gasteiger partial charge in [-0.2, -0.15) is 0 Å². The summed E-state index contributed by atoms with van der Waals surface area (Å²) in [6.45, 7) is 6.45. The Morgan fingerprint density at radius 1 is 1.04 bits per heavy atom. The van der Waals surface area contributed by atoms with Crippen LogP contribution in [0, 0.1) is 0 Å². The van der Waals surface area contributed by atoms with Crippen molar-refractivity contribution in [2.45, 2.75) is 39.2 Å². The first kappa shape index (κ1) is 15.9. The van der Waals surface area contributed by atoms with Crippen LogP contribution >= 0.6 is 11.6 Å². The molecule has 0 saturated heterocycles. The molecule has 0 bridgehead atoms. The number of rotatable bonds is 4. The summed E-state index contributed by atoms with van der Waals surface area (Å²) in [6, 6.07) is 14.4. The highest BCUT2D eigenvalue weighted by atomic mass is 35.5. The van der Waals surface area contributed by atoms with Gasteiger partial charge in [0.25, 0.3) is 0 Å². The molecule has 120 valence electrons. The smallest absolute Gasteiger partial charge is 0.138 e. The molecule has 2 aromatic heterocycles. The highest BCUT2D eigenvalue weighted by Crippen LogP contribution is 2.25. The maximum absolute atomic E-state index is 6.17. The van der Waals surface area contributed by atoms with Crippen molar-refractivity contribution in [3.05, 3.63) is 64.9 Å². The van der Waals surface area contributed by atoms with E-state index in [2.05, 4.69) is 50.4 Å². The summed E-state index contributed by atoms with van der Waals surface area (Å²) in [4.78, 5) is 4.79. The van der Waals surface area contributed by atoms with Crippen molar-refractivity contribution >= 4 is 23.1 Å². The standard InChI is InChI=1S/C19H22ClN3/c1-19(2,3)22-18-16(11-9-14-7-5-4-6-8-14)21-17-12-10-15(20)13-23(17)18/h4-8,10,12-13,22H,9,11H2,1-3H3. The molecule has 0 spiro atoms. The van der Waals surface area contributed by atoms with Crippen LogP contribution in [0.4, 0.5) is 5.82 Å². The molecule has 0 unspecified atom stereocenters. The van der Waals surface area contributed by atoms with Gasteiger partial charge in [0.1, 0.15) is 11.5 Å². The van der Waals surface area contributed by atoms with Gasteiger partial charge in [-0.1, -0.05) is 41.9 Å². The average Bonchev–Trinajstić information content (AvgIpc) is 2.82. The molecule has 0 atom stereocenters. The number of pyridine rings is 1. The van der Waals surface area contributed by atoms with Gasteiger partial charge < -0.3 is 5.32 Å². The average molecular weight is 328 g/mol. The summed E-state index contributed by atoms with van der Waals surface area (Å²) < 4.78 is 2.05. The predicted molar refractivity (Wildman–Crippen MR) is 97.4 cm³/mol. The molecule has 23 heavy (non-hydrogen) atoms. The summed E-state index contributed by atoms with van der Waals surface area (Å²) in [6.07, 6.45) is 3.78. The Morgan fingerprint density at radius 2 is 1.78 bits per heavy atom. The Kier molecular flexibility index (Phi) is 4.31. The molecule has 4 heteroatoms. The Morgan fingerprint density at radius 3 is 2.48 bits per heavy atom. The number of nitrogens with zero attached hydrogens (tertiary/aromatic N) is 2. The van der Waals surface area contributed by atoms with E-state index in [1.165, 1.54) is 5.56 Å². The van der Waals surface area contributed by atoms with E-state index in [0.29, 0.717) is 5.02 Å². The number of anilines is 1. The molecule has 3 nitrogen and oxygen atoms in total. The first-order valence-electron chi connectivity index (χ1n) is 7.91. The molecule has 0 saturated carbocycles. The van der Waals surface area contributed by atoms with Gasteiger partial charge in [0.05, 0.1) is 10.7 Å². The fourth-order valence-electron chi connectivity index (χ4n) is 2.64. The molecule has 0 amide bonds. The second kappa shape index (κ2) is 6.25. The Labute approximate surface area is 142 Å². The van der Waals surface area contributed by atoms with E-state index in [1.807, 2.05) is 28.8 Å². The van der Waals surface area contributed by atoms with E-state index < -0.39 is 0 Å². The largest absolute Gasteiger partial charge is 0.365 e. The van der Waals surface area contributed by atoms with Crippen molar-refractivity contribution in [1.29, 1.82) is 0 Å². The maximum Gasteiger partial charge on any atom is 0.138 e. The third kappa shape index (κ3) is 3.85. The lowest BCUT2D eigenvalue weighted by molar-refractivity contribution is 0.627. The van der Waals surface area contributed by atoms with Crippen molar-refractivity contribution in [2.75, 3.05) is 5.32 Å². The van der Waals surface area contributed by atoms with E-state index in [0.717, 1.165) is 30.0 Å². The Hall–Kier alpha value is -2.00. The minimum atomic E-state index is -0.0419. The molecule has 0 radical (unpaired) electrons. The van der Waals surface area contributed by atoms with Gasteiger partial charge in [0, 0.05) is 11.7 Å². The molecule has 0 aliphatic rings. The fraction of sp³-hybridized carbons (Fsp3) is 0.316. The highest BCUT2D eigenvalue weighted by molar-refractivity contribution is 6.30. The number of halogens is 1. The summed E-state index contributed by atoms with van der Waals surface area (Å²) in [5.74, 6) is 1.03. The van der Waals surface area contributed by atoms with Gasteiger partial charge in [-0.25, -0.2) is 4.98 Å². The number of benzene rings is 1. The third-order valence-corrected chi connectivity index (χ3v) is 3.86. The minimum Gasteiger partial charge on any atom is -0.365 e. The first-order chi connectivity index (χ1) is 10.9. The zero-order valence-corrected chi connectivity index (χ0v) is 14.6. The molecule has 3 rings (SSSR count). The van der Waals surface area contributed by atoms with Crippen molar-refractivity contribution in [1.82, 2.24) is 9.38 Å². The van der Waals surface area contributed by atoms with Gasteiger partial charge in [-0.15, -0.1) is 0 Å². The quantitative estimate of drug-likeness (QED) is 0.732. The van der Waals surface area contributed by atoms with Crippen LogP contribution in [0.3, 0.4) is 0 Å². The Balaban J connectivity index is 1.96. The van der Waals surface area contributed by atoms with Crippen LogP contribution in [0.15, 0.2) is 48.7 Å². The van der Waals surface area contributed by atoms with Gasteiger partial charge in [0.2, 0.25) is 0 Å². The molecule has 3 aromatic rings. The molecule has 2 heterocycles. The van der Waals surface area contributed by atoms with Gasteiger partial charge in [0.15, 0.2) is 0 Å². The molecule has 0 aliphatic heterocycles. The first-order valence-corrected chi connectivity index (χ1v) is 8.29. The lowest BCUT2D eigenvalue weighted by Gasteiger charge is -2.22. The van der Waals surface area contributed by atoms with E-state index in [4.69, 9.17) is 16.6 Å². The lowest BCUT2D eigenvalue weighted by Crippen LogP contribution is -2.27. The SMILES string of the molecule is CC(C)(C)Nc1c(CCc2ccccc2)nc2ccc(Cl)cn12. The van der Waals surface area contributed by atoms with Crippen molar-refractivity contribution in [3.63, 3.8) is 0 Å². The number of aromatic nitrogens is 2. The summed E-state index contributed by atoms with van der Waals surface area (Å²) in [5, 5.41) is 4.29. The lowest BCUT2D eigenvalue weighted by atomic mass is 10.1. The van der Waals surface area contributed by atoms with E-state index in [-0.39, 0.29) is 5.54 Å². The fourth-order valence-corrected chi connectivity index (χ4v) is 2.80. The topological polar surface area (TPSA) is 29.3 Å². The van der Waals surface area contributed by atoms with Crippen molar-refractivity contribution in [3.8, 4) is 0 Å². The van der Waals surface area contributed by atoms with Crippen molar-refractivity contribution in [2.24, 2.45) is 0 Å². The Bertz CT molecular complexity index is 801. The third-order valence-electron chi connectivity index (χ3n) is 3.64. The van der Waals surface area contributed by atoms with Gasteiger partial charge in [-0.3, -0.25) is 4.40 Å². The second-order valence-corrected chi connectivity index (χ2v) is 7.28. The molecule has 0 aliphatic carbocycles. The zero-order valence-electron chi connectivity index (χ0n) is 13.8. The van der Waals surface area contributed by atoms with E-state index >= 15 is 0 Å². The van der Waals surface area contributed by atoms with Crippen LogP contribution in [0.2, 0.25) is 5.02 Å². The predicted octanol–water partition coefficient (Wildman–Crippen LogP) is 4.98. The summed E-state index contributed by atoms with van der Waals surface area (Å²) in [7, 11) is 0. The molecule has 1 N–H and O–H groups in total. The highest BCUT2D eigenvalue weighted by Gasteiger charge is 2.18. The number of nitrogens with one attached hydrogen (secondary N) is 1. The second-order valence-electron chi connectivity index (χ2n) is 6.84. The summed E-state index contributed by atoms with van der Waals surface area (Å²) >= 11 is 6.17. The van der Waals surface area contributed by atoms with E-state index in [1.54, 1.807) is 0 Å². The number of fused-ring (bicyclic) bond motifs is 1. The minimum absolute atomic E-state index is 0.0419. The van der Waals surface area contributed by atoms with Crippen LogP contribution in [-0.4, -0.2) is 14.9 Å². The molecular weight excluding hydrogens is 306 g/mol. The van der Waals surface area contributed by atoms with Gasteiger partial charge in [-0.05, 0) is 51.3 Å². The van der Waals surface area contributed by atoms with Crippen molar-refractivity contribution < 1.29 is 0 Å². The monoisotopic (exact) mass is 327 g/mol. The number of hydrogen-bond donors (Lipinski definition) is 1. The summed E-state index contributed by atoms with van der Waals surface area (Å²) in [5.41, 5.74) is 3.28. The van der Waals surface area contributed by atoms with Crippen LogP contribution in [0.5, 0.6) is 0 Å². The number of imidazole rings is 1. The number of aryl methyl sites for hydroxylation is 2. The maximum atomic E-state index is 6.17. The van der Waals surface area contributed by atoms with Crippen LogP contribution in [0.1, 0.15) is 32.0 Å². The van der Waals surface area contributed by atoms with Crippen LogP contribution in [-0.2, 0) is 12.8 Å². The zero-order chi connectivity index (χ0) is 16.4. The number of hydrogen-bond acceptors (Lipinski definition) is 2. The van der Waals surface area contributed by atoms with Crippen LogP contribution < -0.4 is 5.32 Å². The molecule has 0 fully saturated rings. The van der Waals surface area contributed by atoms with Gasteiger partial charge >= 0.3 is 0 Å².